The Bertz CT molecular complexity index is 1500. The summed E-state index contributed by atoms with van der Waals surface area (Å²) in [6.45, 7) is -0.629. The predicted molar refractivity (Wildman–Crippen MR) is 155 cm³/mol. The van der Waals surface area contributed by atoms with Crippen LogP contribution in [0.4, 0.5) is 0 Å². The van der Waals surface area contributed by atoms with Crippen LogP contribution in [-0.2, 0) is 9.59 Å². The predicted octanol–water partition coefficient (Wildman–Crippen LogP) is 5.97. The molecule has 5 rings (SSSR count). The first-order valence-corrected chi connectivity index (χ1v) is 15.0. The minimum Gasteiger partial charge on any atom is -0.457 e. The van der Waals surface area contributed by atoms with Gasteiger partial charge in [-0.1, -0.05) is 55.1 Å². The lowest BCUT2D eigenvalue weighted by molar-refractivity contribution is -0.154. The van der Waals surface area contributed by atoms with Crippen molar-refractivity contribution in [3.63, 3.8) is 0 Å². The van der Waals surface area contributed by atoms with Gasteiger partial charge in [0.1, 0.15) is 12.3 Å². The summed E-state index contributed by atoms with van der Waals surface area (Å²) in [6.07, 6.45) is 2.11. The van der Waals surface area contributed by atoms with Gasteiger partial charge in [-0.3, -0.25) is 19.2 Å². The summed E-state index contributed by atoms with van der Waals surface area (Å²) in [5.41, 5.74) is 0.122. The standard InChI is InChI=1S/C28H20Br2Cl2N2O7/c29-20-11-18-19(12-21(20)30)27(38)34(26(18)37)33(25(36)17-8-5-15(31)10-22(17)32)13-23(35)14-3-6-16(7-4-14)41-28(39)24-2-1-9-40-24/h1-10,18-21H,11-13H2/t18-,19+,20-,21-/m0/s1. The Kier molecular flexibility index (Phi) is 8.70. The van der Waals surface area contributed by atoms with Gasteiger partial charge >= 0.3 is 5.97 Å². The number of ether oxygens (including phenoxy) is 1. The summed E-state index contributed by atoms with van der Waals surface area (Å²) in [5, 5.41) is 1.91. The first-order chi connectivity index (χ1) is 19.5. The molecule has 4 atom stereocenters. The zero-order valence-electron chi connectivity index (χ0n) is 21.0. The van der Waals surface area contributed by atoms with E-state index in [-0.39, 0.29) is 42.3 Å². The third-order valence-corrected chi connectivity index (χ3v) is 10.2. The summed E-state index contributed by atoms with van der Waals surface area (Å²) in [5.74, 6) is -4.33. The van der Waals surface area contributed by atoms with Gasteiger partial charge in [0, 0.05) is 20.2 Å². The van der Waals surface area contributed by atoms with Gasteiger partial charge in [0.15, 0.2) is 5.78 Å². The number of alkyl halides is 2. The summed E-state index contributed by atoms with van der Waals surface area (Å²) in [7, 11) is 0. The third-order valence-electron chi connectivity index (χ3n) is 6.93. The molecule has 0 radical (unpaired) electrons. The van der Waals surface area contributed by atoms with E-state index in [1.165, 1.54) is 54.8 Å². The smallest absolute Gasteiger partial charge is 0.379 e. The average molecular weight is 727 g/mol. The number of Topliss-reactive ketones (excluding diaryl/α,β-unsaturated/α-hetero) is 1. The average Bonchev–Trinajstić information content (AvgIpc) is 3.56. The fourth-order valence-electron chi connectivity index (χ4n) is 4.84. The van der Waals surface area contributed by atoms with Crippen LogP contribution in [0.5, 0.6) is 5.75 Å². The topological polar surface area (TPSA) is 114 Å². The Balaban J connectivity index is 1.42. The second-order valence-corrected chi connectivity index (χ2v) is 12.7. The fraction of sp³-hybridized carbons (Fsp3) is 0.250. The van der Waals surface area contributed by atoms with E-state index in [0.29, 0.717) is 12.8 Å². The number of carbonyl (C=O) groups is 5. The Morgan fingerprint density at radius 2 is 1.59 bits per heavy atom. The normalized spacial score (nSPS) is 21.9. The molecule has 0 bridgehead atoms. The number of hydrogen-bond donors (Lipinski definition) is 0. The van der Waals surface area contributed by atoms with Crippen molar-refractivity contribution in [2.24, 2.45) is 11.8 Å². The van der Waals surface area contributed by atoms with Crippen LogP contribution in [0.25, 0.3) is 0 Å². The Hall–Kier alpha value is -2.99. The molecule has 3 aromatic rings. The van der Waals surface area contributed by atoms with Crippen LogP contribution in [0.3, 0.4) is 0 Å². The molecule has 9 nitrogen and oxygen atoms in total. The van der Waals surface area contributed by atoms with Crippen LogP contribution in [0, 0.1) is 11.8 Å². The van der Waals surface area contributed by atoms with Crippen LogP contribution in [-0.4, -0.2) is 55.7 Å². The zero-order chi connectivity index (χ0) is 29.4. The molecular formula is C28H20Br2Cl2N2O7. The lowest BCUT2D eigenvalue weighted by Gasteiger charge is -2.30. The van der Waals surface area contributed by atoms with Crippen LogP contribution in [0.1, 0.15) is 44.1 Å². The molecule has 0 spiro atoms. The lowest BCUT2D eigenvalue weighted by atomic mass is 9.81. The number of imide groups is 1. The van der Waals surface area contributed by atoms with Gasteiger partial charge in [-0.2, -0.15) is 5.01 Å². The summed E-state index contributed by atoms with van der Waals surface area (Å²) in [4.78, 5) is 66.3. The fourth-order valence-corrected chi connectivity index (χ4v) is 6.57. The molecule has 1 aliphatic carbocycles. The van der Waals surface area contributed by atoms with E-state index >= 15 is 0 Å². The molecule has 1 saturated heterocycles. The molecule has 2 fully saturated rings. The number of halogens is 4. The van der Waals surface area contributed by atoms with E-state index < -0.39 is 47.9 Å². The molecule has 1 aliphatic heterocycles. The van der Waals surface area contributed by atoms with Gasteiger partial charge in [-0.25, -0.2) is 9.80 Å². The second kappa shape index (κ2) is 12.1. The van der Waals surface area contributed by atoms with Gasteiger partial charge in [-0.15, -0.1) is 0 Å². The number of fused-ring (bicyclic) bond motifs is 1. The number of esters is 1. The van der Waals surface area contributed by atoms with Gasteiger partial charge in [0.25, 0.3) is 17.7 Å². The summed E-state index contributed by atoms with van der Waals surface area (Å²) in [6, 6.07) is 12.8. The molecule has 0 unspecified atom stereocenters. The Morgan fingerprint density at radius 3 is 2.15 bits per heavy atom. The quantitative estimate of drug-likeness (QED) is 0.0970. The molecule has 13 heteroatoms. The molecule has 3 amide bonds. The molecule has 0 N–H and O–H groups in total. The number of ketones is 1. The molecule has 1 saturated carbocycles. The van der Waals surface area contributed by atoms with E-state index in [2.05, 4.69) is 31.9 Å². The van der Waals surface area contributed by atoms with Crippen molar-refractivity contribution in [2.75, 3.05) is 6.54 Å². The Labute approximate surface area is 260 Å². The minimum absolute atomic E-state index is 0.000213. The maximum Gasteiger partial charge on any atom is 0.379 e. The van der Waals surface area contributed by atoms with E-state index in [4.69, 9.17) is 32.4 Å². The number of rotatable bonds is 7. The largest absolute Gasteiger partial charge is 0.457 e. The van der Waals surface area contributed by atoms with Crippen LogP contribution in [0.15, 0.2) is 65.3 Å². The maximum absolute atomic E-state index is 13.8. The van der Waals surface area contributed by atoms with Crippen molar-refractivity contribution >= 4 is 84.5 Å². The summed E-state index contributed by atoms with van der Waals surface area (Å²) < 4.78 is 10.2. The van der Waals surface area contributed by atoms with Crippen molar-refractivity contribution in [1.82, 2.24) is 10.0 Å². The zero-order valence-corrected chi connectivity index (χ0v) is 25.7. The maximum atomic E-state index is 13.8. The van der Waals surface area contributed by atoms with E-state index in [1.807, 2.05) is 0 Å². The highest BCUT2D eigenvalue weighted by Crippen LogP contribution is 2.44. The second-order valence-electron chi connectivity index (χ2n) is 9.51. The van der Waals surface area contributed by atoms with Crippen LogP contribution >= 0.6 is 55.1 Å². The number of hydrazine groups is 1. The molecule has 2 heterocycles. The third kappa shape index (κ3) is 5.99. The molecule has 2 aromatic carbocycles. The number of benzene rings is 2. The van der Waals surface area contributed by atoms with Gasteiger partial charge < -0.3 is 9.15 Å². The van der Waals surface area contributed by atoms with Crippen molar-refractivity contribution in [3.8, 4) is 5.75 Å². The number of furan rings is 1. The first-order valence-electron chi connectivity index (χ1n) is 12.4. The Morgan fingerprint density at radius 1 is 0.951 bits per heavy atom. The highest BCUT2D eigenvalue weighted by atomic mass is 79.9. The number of hydrogen-bond acceptors (Lipinski definition) is 7. The SMILES string of the molecule is O=C(CN(C(=O)c1ccc(Cl)cc1Cl)N1C(=O)[C@H]2C[C@H](Br)[C@@H](Br)C[C@H]2C1=O)c1ccc(OC(=O)c2ccco2)cc1. The lowest BCUT2D eigenvalue weighted by Crippen LogP contribution is -2.52. The molecule has 1 aromatic heterocycles. The monoisotopic (exact) mass is 724 g/mol. The van der Waals surface area contributed by atoms with Gasteiger partial charge in [0.05, 0.1) is 28.7 Å². The van der Waals surface area contributed by atoms with Crippen LogP contribution in [0.2, 0.25) is 10.0 Å². The van der Waals surface area contributed by atoms with Crippen molar-refractivity contribution in [2.45, 2.75) is 22.5 Å². The van der Waals surface area contributed by atoms with Gasteiger partial charge in [0.2, 0.25) is 5.76 Å². The number of carbonyl (C=O) groups excluding carboxylic acids is 5. The highest BCUT2D eigenvalue weighted by Gasteiger charge is 2.54. The number of amides is 3. The number of nitrogens with zero attached hydrogens (tertiary/aromatic N) is 2. The van der Waals surface area contributed by atoms with E-state index in [9.17, 15) is 24.0 Å². The van der Waals surface area contributed by atoms with Crippen molar-refractivity contribution < 1.29 is 33.1 Å². The van der Waals surface area contributed by atoms with Gasteiger partial charge in [-0.05, 0) is 67.4 Å². The first kappa shape index (κ1) is 29.5. The van der Waals surface area contributed by atoms with E-state index in [1.54, 1.807) is 6.07 Å². The highest BCUT2D eigenvalue weighted by molar-refractivity contribution is 9.12. The molecule has 2 aliphatic rings. The van der Waals surface area contributed by atoms with Crippen molar-refractivity contribution in [3.05, 3.63) is 87.8 Å². The van der Waals surface area contributed by atoms with Crippen molar-refractivity contribution in [1.29, 1.82) is 0 Å². The minimum atomic E-state index is -0.810. The molecular weight excluding hydrogens is 707 g/mol. The van der Waals surface area contributed by atoms with Crippen LogP contribution < -0.4 is 4.74 Å². The molecule has 212 valence electrons. The van der Waals surface area contributed by atoms with E-state index in [0.717, 1.165) is 10.0 Å². The summed E-state index contributed by atoms with van der Waals surface area (Å²) >= 11 is 19.4. The molecule has 41 heavy (non-hydrogen) atoms.